The van der Waals surface area contributed by atoms with Gasteiger partial charge >= 0.3 is 0 Å². The fourth-order valence-electron chi connectivity index (χ4n) is 3.35. The van der Waals surface area contributed by atoms with E-state index in [4.69, 9.17) is 10.8 Å². The predicted molar refractivity (Wildman–Crippen MR) is 114 cm³/mol. The highest BCUT2D eigenvalue weighted by Gasteiger charge is 2.37. The maximum Gasteiger partial charge on any atom is 0.135 e. The van der Waals surface area contributed by atoms with Crippen molar-refractivity contribution in [2.75, 3.05) is 26.2 Å². The Morgan fingerprint density at radius 1 is 0.731 bits per heavy atom. The molecule has 2 unspecified atom stereocenters. The Morgan fingerprint density at radius 2 is 1.00 bits per heavy atom. The van der Waals surface area contributed by atoms with Crippen LogP contribution in [0.3, 0.4) is 0 Å². The molecule has 0 amide bonds. The zero-order valence-corrected chi connectivity index (χ0v) is 18.3. The highest BCUT2D eigenvalue weighted by Crippen LogP contribution is 2.27. The van der Waals surface area contributed by atoms with Crippen LogP contribution in [0.5, 0.6) is 0 Å². The minimum Gasteiger partial charge on any atom is -0.358 e. The minimum absolute atomic E-state index is 0. The first-order chi connectivity index (χ1) is 11.4. The Kier molecular flexibility index (Phi) is 10.1. The summed E-state index contributed by atoms with van der Waals surface area (Å²) in [6.45, 7) is 12.0. The van der Waals surface area contributed by atoms with E-state index < -0.39 is 11.1 Å². The van der Waals surface area contributed by atoms with Crippen molar-refractivity contribution in [3.8, 4) is 0 Å². The van der Waals surface area contributed by atoms with E-state index in [1.54, 1.807) is 0 Å². The normalized spacial score (nSPS) is 21.7. The van der Waals surface area contributed by atoms with Gasteiger partial charge in [-0.15, -0.1) is 24.8 Å². The molecule has 2 aliphatic heterocycles. The average molecular weight is 407 g/mol. The van der Waals surface area contributed by atoms with E-state index in [1.165, 1.54) is 0 Å². The second-order valence-corrected chi connectivity index (χ2v) is 7.54. The molecule has 2 heterocycles. The van der Waals surface area contributed by atoms with Crippen molar-refractivity contribution in [3.63, 3.8) is 0 Å². The molecule has 26 heavy (non-hydrogen) atoms. The van der Waals surface area contributed by atoms with Gasteiger partial charge in [0.05, 0.1) is 0 Å². The van der Waals surface area contributed by atoms with Crippen molar-refractivity contribution in [3.05, 3.63) is 0 Å². The van der Waals surface area contributed by atoms with Crippen LogP contribution in [0.2, 0.25) is 0 Å². The smallest absolute Gasteiger partial charge is 0.135 e. The van der Waals surface area contributed by atoms with Crippen molar-refractivity contribution >= 4 is 36.5 Å². The summed E-state index contributed by atoms with van der Waals surface area (Å²) in [5.74, 6) is 1.16. The minimum atomic E-state index is -0.591. The summed E-state index contributed by atoms with van der Waals surface area (Å²) in [6.07, 6.45) is 6.14. The van der Waals surface area contributed by atoms with Gasteiger partial charge < -0.3 is 9.80 Å². The lowest BCUT2D eigenvalue weighted by atomic mass is 9.96. The van der Waals surface area contributed by atoms with E-state index in [-0.39, 0.29) is 24.8 Å². The summed E-state index contributed by atoms with van der Waals surface area (Å²) in [5, 5.41) is 26.5. The van der Waals surface area contributed by atoms with E-state index in [9.17, 15) is 0 Å². The lowest BCUT2D eigenvalue weighted by Gasteiger charge is -2.34. The fraction of sp³-hybridized carbons (Fsp3) is 0.889. The Bertz CT molecular complexity index is 456. The molecule has 0 aromatic heterocycles. The molecular weight excluding hydrogens is 371 g/mol. The molecule has 2 fully saturated rings. The number of amidine groups is 2. The molecule has 0 saturated carbocycles. The summed E-state index contributed by atoms with van der Waals surface area (Å²) in [4.78, 5) is 4.27. The second-order valence-electron chi connectivity index (χ2n) is 7.54. The van der Waals surface area contributed by atoms with Gasteiger partial charge in [-0.05, 0) is 52.4 Å². The van der Waals surface area contributed by atoms with Gasteiger partial charge in [0.15, 0.2) is 0 Å². The molecule has 152 valence electrons. The number of rotatable bonds is 6. The van der Waals surface area contributed by atoms with Crippen LogP contribution in [-0.4, -0.2) is 58.7 Å². The maximum atomic E-state index is 8.59. The molecule has 0 aliphatic carbocycles. The molecule has 0 aromatic carbocycles. The second kappa shape index (κ2) is 10.5. The van der Waals surface area contributed by atoms with E-state index >= 15 is 0 Å². The van der Waals surface area contributed by atoms with Crippen LogP contribution < -0.4 is 0 Å². The number of azo groups is 1. The van der Waals surface area contributed by atoms with Gasteiger partial charge in [-0.2, -0.15) is 10.2 Å². The molecule has 0 aromatic rings. The molecule has 0 spiro atoms. The number of nitrogens with zero attached hydrogens (tertiary/aromatic N) is 4. The zero-order chi connectivity index (χ0) is 17.8. The van der Waals surface area contributed by atoms with Crippen LogP contribution >= 0.6 is 24.8 Å². The lowest BCUT2D eigenvalue weighted by Crippen LogP contribution is -2.46. The monoisotopic (exact) mass is 406 g/mol. The Morgan fingerprint density at radius 3 is 1.23 bits per heavy atom. The van der Waals surface area contributed by atoms with Crippen LogP contribution in [0.15, 0.2) is 10.2 Å². The Labute approximate surface area is 171 Å². The van der Waals surface area contributed by atoms with Crippen molar-refractivity contribution in [2.24, 2.45) is 10.2 Å². The van der Waals surface area contributed by atoms with Crippen LogP contribution in [0.1, 0.15) is 66.2 Å². The predicted octanol–water partition coefficient (Wildman–Crippen LogP) is 4.77. The zero-order valence-electron chi connectivity index (χ0n) is 16.7. The first-order valence-electron chi connectivity index (χ1n) is 9.48. The first-order valence-corrected chi connectivity index (χ1v) is 9.48. The summed E-state index contributed by atoms with van der Waals surface area (Å²) in [7, 11) is 0. The van der Waals surface area contributed by atoms with Crippen molar-refractivity contribution in [1.82, 2.24) is 9.80 Å². The average Bonchev–Trinajstić information content (AvgIpc) is 3.31. The molecular formula is C18H36Cl2N6. The topological polar surface area (TPSA) is 78.9 Å². The third-order valence-electron chi connectivity index (χ3n) is 5.73. The maximum absolute atomic E-state index is 8.59. The van der Waals surface area contributed by atoms with E-state index in [0.29, 0.717) is 11.7 Å². The molecule has 2 rings (SSSR count). The van der Waals surface area contributed by atoms with Gasteiger partial charge in [0.2, 0.25) is 0 Å². The third-order valence-corrected chi connectivity index (χ3v) is 5.73. The highest BCUT2D eigenvalue weighted by atomic mass is 35.5. The molecule has 0 bridgehead atoms. The molecule has 2 saturated heterocycles. The number of hydrogen-bond donors (Lipinski definition) is 2. The summed E-state index contributed by atoms with van der Waals surface area (Å²) >= 11 is 0. The molecule has 0 radical (unpaired) electrons. The number of nitrogens with one attached hydrogen (secondary N) is 2. The number of hydrogen-bond acceptors (Lipinski definition) is 4. The summed E-state index contributed by atoms with van der Waals surface area (Å²) < 4.78 is 0. The standard InChI is InChI=1S/C18H34N6.2ClH/c1-5-17(3,15(19)23-11-7-8-12-23)21-22-18(4,6-2)16(20)24-13-9-10-14-24;;/h19-20H,5-14H2,1-4H3;2*1H. The number of likely N-dealkylation sites (tertiary alicyclic amines) is 2. The van der Waals surface area contributed by atoms with Gasteiger partial charge in [0.25, 0.3) is 0 Å². The molecule has 2 aliphatic rings. The van der Waals surface area contributed by atoms with Gasteiger partial charge in [-0.1, -0.05) is 13.8 Å². The van der Waals surface area contributed by atoms with Crippen LogP contribution in [-0.2, 0) is 0 Å². The van der Waals surface area contributed by atoms with Crippen molar-refractivity contribution in [2.45, 2.75) is 77.3 Å². The molecule has 6 nitrogen and oxygen atoms in total. The fourth-order valence-corrected chi connectivity index (χ4v) is 3.35. The van der Waals surface area contributed by atoms with Gasteiger partial charge in [0, 0.05) is 26.2 Å². The largest absolute Gasteiger partial charge is 0.358 e. The van der Waals surface area contributed by atoms with E-state index in [0.717, 1.165) is 64.7 Å². The lowest BCUT2D eigenvalue weighted by molar-refractivity contribution is 0.400. The van der Waals surface area contributed by atoms with Crippen molar-refractivity contribution < 1.29 is 0 Å². The Hall–Kier alpha value is -0.880. The van der Waals surface area contributed by atoms with Crippen LogP contribution in [0.25, 0.3) is 0 Å². The summed E-state index contributed by atoms with van der Waals surface area (Å²) in [6, 6.07) is 0. The van der Waals surface area contributed by atoms with Crippen LogP contribution in [0.4, 0.5) is 0 Å². The molecule has 2 atom stereocenters. The van der Waals surface area contributed by atoms with Gasteiger partial charge in [0.1, 0.15) is 22.7 Å². The highest BCUT2D eigenvalue weighted by molar-refractivity contribution is 5.90. The van der Waals surface area contributed by atoms with E-state index in [1.807, 2.05) is 13.8 Å². The van der Waals surface area contributed by atoms with E-state index in [2.05, 4.69) is 33.9 Å². The third kappa shape index (κ3) is 5.32. The van der Waals surface area contributed by atoms with Crippen LogP contribution in [0, 0.1) is 10.8 Å². The first kappa shape index (κ1) is 25.1. The van der Waals surface area contributed by atoms with Gasteiger partial charge in [-0.25, -0.2) is 0 Å². The molecule has 2 N–H and O–H groups in total. The quantitative estimate of drug-likeness (QED) is 0.378. The van der Waals surface area contributed by atoms with Gasteiger partial charge in [-0.3, -0.25) is 10.8 Å². The van der Waals surface area contributed by atoms with Crippen molar-refractivity contribution in [1.29, 1.82) is 10.8 Å². The Balaban J connectivity index is 0.00000312. The number of halogens is 2. The SMILES string of the molecule is CCC(C)(N=NC(C)(CC)C(=N)N1CCCC1)C(=N)N1CCCC1.Cl.Cl. The summed E-state index contributed by atoms with van der Waals surface area (Å²) in [5.41, 5.74) is -1.18. The molecule has 8 heteroatoms.